The highest BCUT2D eigenvalue weighted by atomic mass is 16.3. The van der Waals surface area contributed by atoms with Crippen LogP contribution in [0.2, 0.25) is 0 Å². The normalized spacial score (nSPS) is 13.6. The summed E-state index contributed by atoms with van der Waals surface area (Å²) in [6.07, 6.45) is 5.91. The van der Waals surface area contributed by atoms with Crippen molar-refractivity contribution in [3.63, 3.8) is 0 Å². The van der Waals surface area contributed by atoms with Gasteiger partial charge in [0.25, 0.3) is 0 Å². The zero-order valence-electron chi connectivity index (χ0n) is 8.10. The maximum absolute atomic E-state index is 9.14. The quantitative estimate of drug-likeness (QED) is 0.585. The third-order valence-corrected chi connectivity index (χ3v) is 2.03. The molecule has 0 radical (unpaired) electrons. The van der Waals surface area contributed by atoms with Crippen LogP contribution in [-0.2, 0) is 6.42 Å². The van der Waals surface area contributed by atoms with Crippen LogP contribution >= 0.6 is 0 Å². The Hall–Kier alpha value is -1.53. The minimum absolute atomic E-state index is 0.705. The second-order valence-corrected chi connectivity index (χ2v) is 3.15. The molecule has 1 unspecified atom stereocenters. The molecule has 14 heavy (non-hydrogen) atoms. The van der Waals surface area contributed by atoms with Crippen LogP contribution in [0.5, 0.6) is 0 Å². The van der Waals surface area contributed by atoms with Crippen LogP contribution in [0.1, 0.15) is 18.9 Å². The van der Waals surface area contributed by atoms with Gasteiger partial charge in [0.2, 0.25) is 0 Å². The van der Waals surface area contributed by atoms with Gasteiger partial charge in [0.05, 0.1) is 18.6 Å². The molecule has 3 heteroatoms. The summed E-state index contributed by atoms with van der Waals surface area (Å²) in [5.74, 6) is 0. The zero-order chi connectivity index (χ0) is 10.4. The molecule has 0 aliphatic carbocycles. The lowest BCUT2D eigenvalue weighted by molar-refractivity contribution is 0.265. The van der Waals surface area contributed by atoms with E-state index in [2.05, 4.69) is 0 Å². The zero-order valence-corrected chi connectivity index (χ0v) is 8.10. The van der Waals surface area contributed by atoms with Crippen LogP contribution < -0.4 is 0 Å². The van der Waals surface area contributed by atoms with E-state index < -0.39 is 6.10 Å². The number of aryl methyl sites for hydroxylation is 1. The molecule has 3 nitrogen and oxygen atoms in total. The molecule has 0 aromatic carbocycles. The second-order valence-electron chi connectivity index (χ2n) is 3.15. The van der Waals surface area contributed by atoms with Gasteiger partial charge >= 0.3 is 0 Å². The van der Waals surface area contributed by atoms with Crippen LogP contribution in [0.4, 0.5) is 0 Å². The van der Waals surface area contributed by atoms with Gasteiger partial charge in [0, 0.05) is 0 Å². The van der Waals surface area contributed by atoms with Crippen molar-refractivity contribution in [2.45, 2.75) is 25.9 Å². The van der Waals surface area contributed by atoms with Crippen molar-refractivity contribution in [2.24, 2.45) is 0 Å². The number of rotatable bonds is 4. The fourth-order valence-corrected chi connectivity index (χ4v) is 1.11. The third kappa shape index (κ3) is 3.08. The average molecular weight is 191 g/mol. The van der Waals surface area contributed by atoms with E-state index in [0.717, 1.165) is 18.4 Å². The van der Waals surface area contributed by atoms with Gasteiger partial charge < -0.3 is 9.52 Å². The molecular weight excluding hydrogens is 178 g/mol. The van der Waals surface area contributed by atoms with Gasteiger partial charge in [0.1, 0.15) is 0 Å². The van der Waals surface area contributed by atoms with E-state index in [0.29, 0.717) is 5.57 Å². The lowest BCUT2D eigenvalue weighted by Crippen LogP contribution is -2.03. The van der Waals surface area contributed by atoms with Gasteiger partial charge in [-0.1, -0.05) is 6.08 Å². The molecule has 0 amide bonds. The number of furan rings is 1. The van der Waals surface area contributed by atoms with Crippen LogP contribution in [0.15, 0.2) is 34.7 Å². The van der Waals surface area contributed by atoms with Gasteiger partial charge in [-0.15, -0.1) is 0 Å². The summed E-state index contributed by atoms with van der Waals surface area (Å²) in [5, 5.41) is 17.6. The minimum atomic E-state index is -0.973. The van der Waals surface area contributed by atoms with Crippen molar-refractivity contribution in [3.05, 3.63) is 35.8 Å². The maximum atomic E-state index is 9.14. The Morgan fingerprint density at radius 3 is 3.14 bits per heavy atom. The molecular formula is C11H13NO2. The highest BCUT2D eigenvalue weighted by molar-refractivity contribution is 5.14. The van der Waals surface area contributed by atoms with Gasteiger partial charge in [0.15, 0.2) is 6.10 Å². The summed E-state index contributed by atoms with van der Waals surface area (Å²) >= 11 is 0. The standard InChI is InChI=1S/C11H13NO2/c1-9(11(13)7-12)3-2-4-10-5-6-14-8-10/h3,5-6,8,11,13H,2,4H2,1H3/b9-3+. The van der Waals surface area contributed by atoms with Gasteiger partial charge in [-0.3, -0.25) is 0 Å². The molecule has 0 saturated heterocycles. The highest BCUT2D eigenvalue weighted by Gasteiger charge is 2.02. The first-order chi connectivity index (χ1) is 6.74. The van der Waals surface area contributed by atoms with E-state index in [9.17, 15) is 0 Å². The predicted octanol–water partition coefficient (Wildman–Crippen LogP) is 2.04. The Balaban J connectivity index is 2.37. The first kappa shape index (κ1) is 10.6. The van der Waals surface area contributed by atoms with Crippen LogP contribution in [0, 0.1) is 11.3 Å². The summed E-state index contributed by atoms with van der Waals surface area (Å²) in [6, 6.07) is 3.68. The average Bonchev–Trinajstić information content (AvgIpc) is 2.69. The SMILES string of the molecule is C/C(=C\CCc1ccoc1)C(O)C#N. The smallest absolute Gasteiger partial charge is 0.161 e. The summed E-state index contributed by atoms with van der Waals surface area (Å²) in [4.78, 5) is 0. The summed E-state index contributed by atoms with van der Waals surface area (Å²) in [5.41, 5.74) is 1.83. The Labute approximate surface area is 83.3 Å². The van der Waals surface area contributed by atoms with Crippen molar-refractivity contribution in [2.75, 3.05) is 0 Å². The molecule has 1 aromatic rings. The number of nitriles is 1. The summed E-state index contributed by atoms with van der Waals surface area (Å²) < 4.78 is 4.92. The topological polar surface area (TPSA) is 57.2 Å². The van der Waals surface area contributed by atoms with Crippen molar-refractivity contribution in [1.29, 1.82) is 5.26 Å². The van der Waals surface area contributed by atoms with Crippen molar-refractivity contribution < 1.29 is 9.52 Å². The van der Waals surface area contributed by atoms with Crippen molar-refractivity contribution in [1.82, 2.24) is 0 Å². The number of aliphatic hydroxyl groups is 1. The fraction of sp³-hybridized carbons (Fsp3) is 0.364. The molecule has 1 atom stereocenters. The van der Waals surface area contributed by atoms with E-state index in [1.54, 1.807) is 25.5 Å². The molecule has 0 spiro atoms. The Morgan fingerprint density at radius 1 is 1.79 bits per heavy atom. The van der Waals surface area contributed by atoms with E-state index in [1.807, 2.05) is 12.1 Å². The second kappa shape index (κ2) is 5.25. The summed E-state index contributed by atoms with van der Waals surface area (Å²) in [6.45, 7) is 1.75. The molecule has 1 N–H and O–H groups in total. The molecule has 0 saturated carbocycles. The number of aliphatic hydroxyl groups excluding tert-OH is 1. The largest absolute Gasteiger partial charge is 0.472 e. The van der Waals surface area contributed by atoms with Gasteiger partial charge in [-0.2, -0.15) is 5.26 Å². The Morgan fingerprint density at radius 2 is 2.57 bits per heavy atom. The van der Waals surface area contributed by atoms with E-state index in [4.69, 9.17) is 14.8 Å². The maximum Gasteiger partial charge on any atom is 0.161 e. The third-order valence-electron chi connectivity index (χ3n) is 2.03. The Bertz CT molecular complexity index is 333. The number of allylic oxidation sites excluding steroid dienone is 1. The molecule has 1 aromatic heterocycles. The van der Waals surface area contributed by atoms with Crippen molar-refractivity contribution >= 4 is 0 Å². The van der Waals surface area contributed by atoms with Crippen LogP contribution in [0.3, 0.4) is 0 Å². The van der Waals surface area contributed by atoms with E-state index >= 15 is 0 Å². The number of hydrogen-bond acceptors (Lipinski definition) is 3. The first-order valence-electron chi connectivity index (χ1n) is 4.49. The fourth-order valence-electron chi connectivity index (χ4n) is 1.11. The van der Waals surface area contributed by atoms with Crippen molar-refractivity contribution in [3.8, 4) is 6.07 Å². The lowest BCUT2D eigenvalue weighted by atomic mass is 10.1. The van der Waals surface area contributed by atoms with Gasteiger partial charge in [-0.25, -0.2) is 0 Å². The first-order valence-corrected chi connectivity index (χ1v) is 4.49. The molecule has 0 aliphatic heterocycles. The number of nitrogens with zero attached hydrogens (tertiary/aromatic N) is 1. The van der Waals surface area contributed by atoms with Gasteiger partial charge in [-0.05, 0) is 37.0 Å². The molecule has 1 heterocycles. The lowest BCUT2D eigenvalue weighted by Gasteiger charge is -2.00. The predicted molar refractivity (Wildman–Crippen MR) is 52.4 cm³/mol. The Kier molecular flexibility index (Phi) is 3.96. The molecule has 0 fully saturated rings. The van der Waals surface area contributed by atoms with E-state index in [-0.39, 0.29) is 0 Å². The minimum Gasteiger partial charge on any atom is -0.472 e. The molecule has 1 rings (SSSR count). The van der Waals surface area contributed by atoms with E-state index in [1.165, 1.54) is 0 Å². The molecule has 0 aliphatic rings. The monoisotopic (exact) mass is 191 g/mol. The number of hydrogen-bond donors (Lipinski definition) is 1. The molecule has 74 valence electrons. The highest BCUT2D eigenvalue weighted by Crippen LogP contribution is 2.07. The van der Waals surface area contributed by atoms with Crippen LogP contribution in [0.25, 0.3) is 0 Å². The van der Waals surface area contributed by atoms with Crippen LogP contribution in [-0.4, -0.2) is 11.2 Å². The summed E-state index contributed by atoms with van der Waals surface area (Å²) in [7, 11) is 0. The molecule has 0 bridgehead atoms.